The van der Waals surface area contributed by atoms with Crippen LogP contribution in [0.4, 0.5) is 0 Å². The maximum absolute atomic E-state index is 13.1. The second-order valence-electron chi connectivity index (χ2n) is 8.35. The fourth-order valence-electron chi connectivity index (χ4n) is 4.14. The molecule has 0 spiro atoms. The zero-order valence-corrected chi connectivity index (χ0v) is 17.7. The van der Waals surface area contributed by atoms with E-state index >= 15 is 0 Å². The molecule has 27 heavy (non-hydrogen) atoms. The number of carbonyl (C=O) groups is 1. The normalized spacial score (nSPS) is 17.9. The number of allylic oxidation sites excluding steroid dienone is 8. The molecule has 0 amide bonds. The molecule has 2 aliphatic carbocycles. The molecular formula is C24H31O2P. The van der Waals surface area contributed by atoms with Crippen LogP contribution in [-0.2, 0) is 9.53 Å². The van der Waals surface area contributed by atoms with Crippen LogP contribution in [0.15, 0.2) is 77.4 Å². The van der Waals surface area contributed by atoms with Crippen LogP contribution >= 0.6 is 7.26 Å². The van der Waals surface area contributed by atoms with Crippen LogP contribution in [0.1, 0.15) is 46.5 Å². The van der Waals surface area contributed by atoms with Crippen molar-refractivity contribution in [3.05, 3.63) is 77.4 Å². The Balaban J connectivity index is 2.14. The summed E-state index contributed by atoms with van der Waals surface area (Å²) in [6.45, 7) is 5.84. The first-order valence-corrected chi connectivity index (χ1v) is 12.1. The minimum atomic E-state index is -2.39. The van der Waals surface area contributed by atoms with E-state index in [0.717, 1.165) is 25.7 Å². The zero-order valence-electron chi connectivity index (χ0n) is 16.7. The van der Waals surface area contributed by atoms with E-state index in [1.165, 1.54) is 15.9 Å². The Kier molecular flexibility index (Phi) is 6.17. The van der Waals surface area contributed by atoms with Gasteiger partial charge >= 0.3 is 164 Å². The van der Waals surface area contributed by atoms with Gasteiger partial charge in [-0.05, 0) is 0 Å². The van der Waals surface area contributed by atoms with Crippen LogP contribution in [0.2, 0.25) is 0 Å². The Labute approximate surface area is 164 Å². The number of ether oxygens (including phenoxy) is 1. The van der Waals surface area contributed by atoms with E-state index in [2.05, 4.69) is 66.8 Å². The molecule has 0 bridgehead atoms. The first kappa shape index (κ1) is 19.8. The number of rotatable bonds is 5. The molecule has 0 aromatic heterocycles. The molecule has 2 nitrogen and oxygen atoms in total. The fourth-order valence-corrected chi connectivity index (χ4v) is 9.12. The molecule has 0 atom stereocenters. The summed E-state index contributed by atoms with van der Waals surface area (Å²) in [4.78, 5) is 13.1. The zero-order chi connectivity index (χ0) is 19.3. The van der Waals surface area contributed by atoms with E-state index in [1.54, 1.807) is 0 Å². The van der Waals surface area contributed by atoms with Crippen molar-refractivity contribution in [3.8, 4) is 0 Å². The van der Waals surface area contributed by atoms with Gasteiger partial charge in [-0.15, -0.1) is 0 Å². The third-order valence-electron chi connectivity index (χ3n) is 5.22. The van der Waals surface area contributed by atoms with E-state index in [-0.39, 0.29) is 5.97 Å². The predicted molar refractivity (Wildman–Crippen MR) is 118 cm³/mol. The molecule has 0 unspecified atom stereocenters. The van der Waals surface area contributed by atoms with Crippen molar-refractivity contribution in [3.63, 3.8) is 0 Å². The van der Waals surface area contributed by atoms with Gasteiger partial charge in [0.15, 0.2) is 0 Å². The molecule has 0 fully saturated rings. The second kappa shape index (κ2) is 8.40. The summed E-state index contributed by atoms with van der Waals surface area (Å²) in [5, 5.41) is 4.21. The number of carbonyl (C=O) groups excluding carboxylic acids is 1. The summed E-state index contributed by atoms with van der Waals surface area (Å²) in [7, 11) is -2.39. The van der Waals surface area contributed by atoms with Gasteiger partial charge in [0, 0.05) is 0 Å². The van der Waals surface area contributed by atoms with Crippen LogP contribution in [0, 0.1) is 0 Å². The van der Waals surface area contributed by atoms with E-state index < -0.39 is 12.9 Å². The number of hydrogen-bond donors (Lipinski definition) is 0. The Hall–Kier alpha value is -1.92. The van der Waals surface area contributed by atoms with Gasteiger partial charge in [0.1, 0.15) is 0 Å². The van der Waals surface area contributed by atoms with Gasteiger partial charge in [0.05, 0.1) is 0 Å². The summed E-state index contributed by atoms with van der Waals surface area (Å²) in [5.74, 6) is -0.0797. The molecule has 0 saturated heterocycles. The van der Waals surface area contributed by atoms with Gasteiger partial charge < -0.3 is 0 Å². The summed E-state index contributed by atoms with van der Waals surface area (Å²) in [6, 6.07) is 10.7. The Bertz CT molecular complexity index is 759. The summed E-state index contributed by atoms with van der Waals surface area (Å²) >= 11 is 0. The van der Waals surface area contributed by atoms with Crippen molar-refractivity contribution in [1.29, 1.82) is 0 Å². The Morgan fingerprint density at radius 1 is 0.963 bits per heavy atom. The van der Waals surface area contributed by atoms with Crippen molar-refractivity contribution in [2.75, 3.05) is 6.16 Å². The Morgan fingerprint density at radius 2 is 1.52 bits per heavy atom. The quantitative estimate of drug-likeness (QED) is 0.470. The molecule has 3 rings (SSSR count). The van der Waals surface area contributed by atoms with E-state index in [4.69, 9.17) is 4.74 Å². The van der Waals surface area contributed by atoms with Gasteiger partial charge in [-0.2, -0.15) is 0 Å². The van der Waals surface area contributed by atoms with Crippen LogP contribution in [-0.4, -0.2) is 17.7 Å². The van der Waals surface area contributed by atoms with Crippen LogP contribution in [0.3, 0.4) is 0 Å². The molecule has 3 heteroatoms. The third-order valence-corrected chi connectivity index (χ3v) is 10.4. The number of esters is 1. The van der Waals surface area contributed by atoms with Crippen molar-refractivity contribution < 1.29 is 9.53 Å². The molecule has 144 valence electrons. The Morgan fingerprint density at radius 3 is 1.96 bits per heavy atom. The predicted octanol–water partition coefficient (Wildman–Crippen LogP) is 5.87. The van der Waals surface area contributed by atoms with Crippen molar-refractivity contribution in [1.82, 2.24) is 0 Å². The molecule has 0 saturated carbocycles. The van der Waals surface area contributed by atoms with E-state index in [9.17, 15) is 4.79 Å². The average Bonchev–Trinajstić information content (AvgIpc) is 2.67. The monoisotopic (exact) mass is 382 g/mol. The standard InChI is InChI=1S/C24H31O2P/c1-24(2,3)26-23(25)19-27(20-13-7-4-8-14-20,21-15-9-5-10-16-21)22-17-11-6-12-18-22/h4-9,11,13-15,17,27H,10,12,16,18-19H2,1-3H3. The molecule has 1 aromatic carbocycles. The van der Waals surface area contributed by atoms with Gasteiger partial charge in [-0.25, -0.2) is 0 Å². The average molecular weight is 382 g/mol. The SMILES string of the molecule is CC(C)(C)OC(=O)C[PH](C1=CC=CCC1)(C1=CC=CCC1)c1ccccc1. The van der Waals surface area contributed by atoms with Gasteiger partial charge in [0.25, 0.3) is 0 Å². The van der Waals surface area contributed by atoms with Crippen LogP contribution < -0.4 is 5.30 Å². The van der Waals surface area contributed by atoms with E-state index in [0.29, 0.717) is 6.16 Å². The molecule has 0 N–H and O–H groups in total. The van der Waals surface area contributed by atoms with Crippen molar-refractivity contribution in [2.24, 2.45) is 0 Å². The number of benzene rings is 1. The molecule has 0 aliphatic heterocycles. The summed E-state index contributed by atoms with van der Waals surface area (Å²) in [6.07, 6.45) is 17.9. The molecule has 0 radical (unpaired) electrons. The topological polar surface area (TPSA) is 26.3 Å². The van der Waals surface area contributed by atoms with Gasteiger partial charge in [-0.1, -0.05) is 0 Å². The van der Waals surface area contributed by atoms with E-state index in [1.807, 2.05) is 20.8 Å². The first-order valence-electron chi connectivity index (χ1n) is 9.91. The summed E-state index contributed by atoms with van der Waals surface area (Å²) in [5.41, 5.74) is -0.463. The third kappa shape index (κ3) is 4.68. The molecule has 0 heterocycles. The molecular weight excluding hydrogens is 351 g/mol. The maximum atomic E-state index is 13.1. The molecule has 2 aliphatic rings. The van der Waals surface area contributed by atoms with Crippen molar-refractivity contribution >= 4 is 18.5 Å². The van der Waals surface area contributed by atoms with Gasteiger partial charge in [-0.3, -0.25) is 0 Å². The minimum absolute atomic E-state index is 0.0797. The summed E-state index contributed by atoms with van der Waals surface area (Å²) < 4.78 is 5.80. The second-order valence-corrected chi connectivity index (χ2v) is 12.4. The van der Waals surface area contributed by atoms with Crippen molar-refractivity contribution in [2.45, 2.75) is 52.1 Å². The molecule has 1 aromatic rings. The fraction of sp³-hybridized carbons (Fsp3) is 0.375. The van der Waals surface area contributed by atoms with Crippen LogP contribution in [0.5, 0.6) is 0 Å². The number of hydrogen-bond acceptors (Lipinski definition) is 2. The first-order chi connectivity index (χ1) is 12.9. The van der Waals surface area contributed by atoms with Crippen LogP contribution in [0.25, 0.3) is 0 Å². The van der Waals surface area contributed by atoms with Gasteiger partial charge in [0.2, 0.25) is 0 Å².